The minimum Gasteiger partial charge on any atom is -0.298 e. The van der Waals surface area contributed by atoms with Crippen molar-refractivity contribution in [3.05, 3.63) is 76.8 Å². The quantitative estimate of drug-likeness (QED) is 0.352. The van der Waals surface area contributed by atoms with Crippen molar-refractivity contribution in [3.8, 4) is 11.3 Å². The number of likely N-dealkylation sites (tertiary alicyclic amines) is 1. The van der Waals surface area contributed by atoms with Gasteiger partial charge in [0.1, 0.15) is 0 Å². The van der Waals surface area contributed by atoms with E-state index in [1.54, 1.807) is 30.3 Å². The molecule has 0 bridgehead atoms. The molecule has 1 saturated heterocycles. The third-order valence-corrected chi connectivity index (χ3v) is 6.79. The smallest absolute Gasteiger partial charge is 0.270 e. The summed E-state index contributed by atoms with van der Waals surface area (Å²) in [5, 5.41) is 6.21. The number of rotatable bonds is 6. The number of nitrogens with zero attached hydrogens (tertiary/aromatic N) is 3. The summed E-state index contributed by atoms with van der Waals surface area (Å²) in [5.74, 6) is -3.25. The number of benzene rings is 2. The maximum Gasteiger partial charge on any atom is 0.270 e. The van der Waals surface area contributed by atoms with Crippen LogP contribution in [0.4, 0.5) is 13.9 Å². The van der Waals surface area contributed by atoms with Crippen LogP contribution in [0.2, 0.25) is 0 Å². The standard InChI is InChI=1S/C26H24F2N4OS/c1-26(27,28)19-8-4-7-18(14-19)22-11-10-17-6-5-9-21(23(17)30-22)24(33)31-25-29-20(16-34-25)15-32-12-2-3-13-32/h4-11,14,16H,2-3,12-13,15H2,1H3,(H,29,31,33). The number of aromatic nitrogens is 2. The topological polar surface area (TPSA) is 58.1 Å². The van der Waals surface area contributed by atoms with Crippen LogP contribution < -0.4 is 5.32 Å². The van der Waals surface area contributed by atoms with Crippen molar-refractivity contribution < 1.29 is 13.6 Å². The van der Waals surface area contributed by atoms with Gasteiger partial charge in [-0.2, -0.15) is 0 Å². The molecule has 0 atom stereocenters. The van der Waals surface area contributed by atoms with E-state index in [0.717, 1.165) is 37.6 Å². The zero-order valence-corrected chi connectivity index (χ0v) is 19.5. The van der Waals surface area contributed by atoms with Crippen LogP contribution in [-0.2, 0) is 12.5 Å². The van der Waals surface area contributed by atoms with Crippen molar-refractivity contribution in [2.24, 2.45) is 0 Å². The third kappa shape index (κ3) is 4.83. The second kappa shape index (κ2) is 9.19. The number of carbonyl (C=O) groups is 1. The van der Waals surface area contributed by atoms with Crippen LogP contribution in [-0.4, -0.2) is 33.9 Å². The number of thiazole rings is 1. The zero-order valence-electron chi connectivity index (χ0n) is 18.7. The summed E-state index contributed by atoms with van der Waals surface area (Å²) in [4.78, 5) is 24.7. The number of alkyl halides is 2. The molecule has 3 heterocycles. The molecule has 1 amide bonds. The Kier molecular flexibility index (Phi) is 6.10. The summed E-state index contributed by atoms with van der Waals surface area (Å²) in [6, 6.07) is 15.2. The van der Waals surface area contributed by atoms with Gasteiger partial charge in [-0.3, -0.25) is 15.0 Å². The summed E-state index contributed by atoms with van der Waals surface area (Å²) < 4.78 is 27.6. The van der Waals surface area contributed by atoms with E-state index >= 15 is 0 Å². The normalized spacial score (nSPS) is 14.6. The van der Waals surface area contributed by atoms with Gasteiger partial charge in [0, 0.05) is 35.4 Å². The largest absolute Gasteiger partial charge is 0.298 e. The van der Waals surface area contributed by atoms with E-state index in [1.807, 2.05) is 17.5 Å². The number of fused-ring (bicyclic) bond motifs is 1. The van der Waals surface area contributed by atoms with Gasteiger partial charge in [0.2, 0.25) is 0 Å². The molecular formula is C26H24F2N4OS. The van der Waals surface area contributed by atoms with E-state index < -0.39 is 5.92 Å². The first kappa shape index (κ1) is 22.6. The molecule has 5 rings (SSSR count). The minimum atomic E-state index is -2.95. The molecule has 34 heavy (non-hydrogen) atoms. The first-order chi connectivity index (χ1) is 16.4. The summed E-state index contributed by atoms with van der Waals surface area (Å²) in [6.45, 7) is 3.84. The average Bonchev–Trinajstić information content (AvgIpc) is 3.50. The molecule has 1 aliphatic rings. The molecule has 174 valence electrons. The summed E-state index contributed by atoms with van der Waals surface area (Å²) >= 11 is 1.40. The predicted molar refractivity (Wildman–Crippen MR) is 131 cm³/mol. The van der Waals surface area contributed by atoms with Crippen molar-refractivity contribution >= 4 is 33.3 Å². The fourth-order valence-electron chi connectivity index (χ4n) is 4.21. The maximum absolute atomic E-state index is 13.8. The van der Waals surface area contributed by atoms with Crippen molar-refractivity contribution in [1.82, 2.24) is 14.9 Å². The highest BCUT2D eigenvalue weighted by Gasteiger charge is 2.24. The van der Waals surface area contributed by atoms with Gasteiger partial charge in [0.25, 0.3) is 11.8 Å². The van der Waals surface area contributed by atoms with Crippen molar-refractivity contribution in [2.75, 3.05) is 18.4 Å². The molecule has 0 saturated carbocycles. The lowest BCUT2D eigenvalue weighted by Crippen LogP contribution is -2.18. The first-order valence-corrected chi connectivity index (χ1v) is 12.1. The van der Waals surface area contributed by atoms with Crippen molar-refractivity contribution in [3.63, 3.8) is 0 Å². The Balaban J connectivity index is 1.41. The Hall–Kier alpha value is -3.23. The Labute approximate surface area is 200 Å². The fraction of sp³-hybridized carbons (Fsp3) is 0.269. The van der Waals surface area contributed by atoms with Gasteiger partial charge in [0.05, 0.1) is 22.5 Å². The van der Waals surface area contributed by atoms with Crippen LogP contribution in [0.15, 0.2) is 60.0 Å². The molecule has 1 aliphatic heterocycles. The molecule has 4 aromatic rings. The zero-order chi connectivity index (χ0) is 23.7. The molecule has 2 aromatic carbocycles. The number of pyridine rings is 1. The summed E-state index contributed by atoms with van der Waals surface area (Å²) in [7, 11) is 0. The van der Waals surface area contributed by atoms with E-state index in [4.69, 9.17) is 0 Å². The van der Waals surface area contributed by atoms with Gasteiger partial charge in [-0.25, -0.2) is 18.7 Å². The van der Waals surface area contributed by atoms with Gasteiger partial charge in [0.15, 0.2) is 5.13 Å². The van der Waals surface area contributed by atoms with E-state index in [0.29, 0.717) is 27.5 Å². The Morgan fingerprint density at radius 1 is 1.09 bits per heavy atom. The number of para-hydroxylation sites is 1. The second-order valence-corrected chi connectivity index (χ2v) is 9.48. The second-order valence-electron chi connectivity index (χ2n) is 8.62. The SMILES string of the molecule is CC(F)(F)c1cccc(-c2ccc3cccc(C(=O)Nc4nc(CN5CCCC5)cs4)c3n2)c1. The summed E-state index contributed by atoms with van der Waals surface area (Å²) in [5.41, 5.74) is 2.90. The molecule has 1 N–H and O–H groups in total. The molecule has 1 fully saturated rings. The van der Waals surface area contributed by atoms with Gasteiger partial charge in [-0.1, -0.05) is 36.4 Å². The number of nitrogens with one attached hydrogen (secondary N) is 1. The van der Waals surface area contributed by atoms with Crippen LogP contribution in [0.1, 0.15) is 41.4 Å². The Morgan fingerprint density at radius 2 is 1.88 bits per heavy atom. The van der Waals surface area contributed by atoms with E-state index in [2.05, 4.69) is 20.2 Å². The van der Waals surface area contributed by atoms with E-state index in [-0.39, 0.29) is 11.5 Å². The minimum absolute atomic E-state index is 0.0774. The molecule has 5 nitrogen and oxygen atoms in total. The monoisotopic (exact) mass is 478 g/mol. The van der Waals surface area contributed by atoms with E-state index in [1.165, 1.54) is 36.3 Å². The fourth-order valence-corrected chi connectivity index (χ4v) is 4.91. The Morgan fingerprint density at radius 3 is 2.68 bits per heavy atom. The van der Waals surface area contributed by atoms with Crippen LogP contribution >= 0.6 is 11.3 Å². The highest BCUT2D eigenvalue weighted by atomic mass is 32.1. The van der Waals surface area contributed by atoms with Crippen LogP contribution in [0.25, 0.3) is 22.2 Å². The van der Waals surface area contributed by atoms with Gasteiger partial charge < -0.3 is 0 Å². The Bertz CT molecular complexity index is 1340. The third-order valence-electron chi connectivity index (χ3n) is 5.99. The first-order valence-electron chi connectivity index (χ1n) is 11.2. The van der Waals surface area contributed by atoms with Gasteiger partial charge >= 0.3 is 0 Å². The lowest BCUT2D eigenvalue weighted by Gasteiger charge is -2.12. The highest BCUT2D eigenvalue weighted by molar-refractivity contribution is 7.14. The van der Waals surface area contributed by atoms with Crippen molar-refractivity contribution in [1.29, 1.82) is 0 Å². The highest BCUT2D eigenvalue weighted by Crippen LogP contribution is 2.31. The van der Waals surface area contributed by atoms with Crippen LogP contribution in [0.5, 0.6) is 0 Å². The molecule has 0 aliphatic carbocycles. The molecule has 0 radical (unpaired) electrons. The number of hydrogen-bond acceptors (Lipinski definition) is 5. The van der Waals surface area contributed by atoms with Crippen LogP contribution in [0.3, 0.4) is 0 Å². The molecule has 0 unspecified atom stereocenters. The predicted octanol–water partition coefficient (Wildman–Crippen LogP) is 6.32. The number of carbonyl (C=O) groups excluding carboxylic acids is 1. The lowest BCUT2D eigenvalue weighted by molar-refractivity contribution is 0.0175. The van der Waals surface area contributed by atoms with Gasteiger partial charge in [-0.05, 0) is 44.1 Å². The van der Waals surface area contributed by atoms with E-state index in [9.17, 15) is 13.6 Å². The van der Waals surface area contributed by atoms with Gasteiger partial charge in [-0.15, -0.1) is 11.3 Å². The molecular weight excluding hydrogens is 454 g/mol. The van der Waals surface area contributed by atoms with Crippen molar-refractivity contribution in [2.45, 2.75) is 32.2 Å². The number of amides is 1. The number of hydrogen-bond donors (Lipinski definition) is 1. The molecule has 2 aromatic heterocycles. The number of anilines is 1. The lowest BCUT2D eigenvalue weighted by atomic mass is 10.0. The average molecular weight is 479 g/mol. The summed E-state index contributed by atoms with van der Waals surface area (Å²) in [6.07, 6.45) is 2.43. The maximum atomic E-state index is 13.8. The number of halogens is 2. The molecule has 0 spiro atoms. The van der Waals surface area contributed by atoms with Crippen LogP contribution in [0, 0.1) is 0 Å². The molecule has 8 heteroatoms.